The van der Waals surface area contributed by atoms with Crippen molar-refractivity contribution in [3.63, 3.8) is 0 Å². The molecule has 17 heavy (non-hydrogen) atoms. The standard InChI is InChI=1S/C12H17N3OS/c13-7-11(9-1-2-9)15-12(16)8-17-10-3-5-14-6-4-10/h3-6,9,11H,1-2,7-8,13H2,(H,15,16). The summed E-state index contributed by atoms with van der Waals surface area (Å²) in [7, 11) is 0. The molecule has 1 atom stereocenters. The quantitative estimate of drug-likeness (QED) is 0.741. The molecule has 1 aromatic rings. The van der Waals surface area contributed by atoms with E-state index in [0.717, 1.165) is 4.90 Å². The average Bonchev–Trinajstić information content (AvgIpc) is 3.19. The van der Waals surface area contributed by atoms with E-state index in [9.17, 15) is 4.79 Å². The third-order valence-corrected chi connectivity index (χ3v) is 3.82. The van der Waals surface area contributed by atoms with Gasteiger partial charge in [0.1, 0.15) is 0 Å². The lowest BCUT2D eigenvalue weighted by Crippen LogP contribution is -2.42. The predicted molar refractivity (Wildman–Crippen MR) is 68.7 cm³/mol. The summed E-state index contributed by atoms with van der Waals surface area (Å²) in [6.45, 7) is 0.538. The zero-order valence-electron chi connectivity index (χ0n) is 9.63. The summed E-state index contributed by atoms with van der Waals surface area (Å²) in [5.74, 6) is 1.11. The van der Waals surface area contributed by atoms with E-state index in [1.54, 1.807) is 12.4 Å². The molecule has 0 spiro atoms. The lowest BCUT2D eigenvalue weighted by Gasteiger charge is -2.15. The second-order valence-electron chi connectivity index (χ2n) is 4.22. The molecular formula is C12H17N3OS. The molecule has 0 aromatic carbocycles. The summed E-state index contributed by atoms with van der Waals surface area (Å²) in [4.78, 5) is 16.7. The minimum atomic E-state index is 0.0640. The number of rotatable bonds is 6. The first-order valence-corrected chi connectivity index (χ1v) is 6.80. The van der Waals surface area contributed by atoms with Crippen molar-refractivity contribution >= 4 is 17.7 Å². The number of pyridine rings is 1. The molecule has 1 aromatic heterocycles. The monoisotopic (exact) mass is 251 g/mol. The summed E-state index contributed by atoms with van der Waals surface area (Å²) >= 11 is 1.52. The Morgan fingerprint density at radius 3 is 2.82 bits per heavy atom. The van der Waals surface area contributed by atoms with Crippen molar-refractivity contribution < 1.29 is 4.79 Å². The van der Waals surface area contributed by atoms with Crippen molar-refractivity contribution in [1.82, 2.24) is 10.3 Å². The van der Waals surface area contributed by atoms with Crippen LogP contribution in [0.3, 0.4) is 0 Å². The molecule has 0 radical (unpaired) electrons. The third kappa shape index (κ3) is 4.02. The SMILES string of the molecule is NCC(NC(=O)CSc1ccncc1)C1CC1. The number of carbonyl (C=O) groups excluding carboxylic acids is 1. The average molecular weight is 251 g/mol. The third-order valence-electron chi connectivity index (χ3n) is 2.81. The predicted octanol–water partition coefficient (Wildman–Crippen LogP) is 1.03. The molecule has 5 heteroatoms. The lowest BCUT2D eigenvalue weighted by atomic mass is 10.2. The minimum absolute atomic E-state index is 0.0640. The molecule has 1 amide bonds. The van der Waals surface area contributed by atoms with Gasteiger partial charge in [0.15, 0.2) is 0 Å². The Hall–Kier alpha value is -1.07. The van der Waals surface area contributed by atoms with Gasteiger partial charge in [-0.15, -0.1) is 11.8 Å². The summed E-state index contributed by atoms with van der Waals surface area (Å²) in [6.07, 6.45) is 5.85. The largest absolute Gasteiger partial charge is 0.351 e. The van der Waals surface area contributed by atoms with Gasteiger partial charge in [-0.1, -0.05) is 0 Å². The molecule has 4 nitrogen and oxygen atoms in total. The van der Waals surface area contributed by atoms with Crippen LogP contribution in [0.15, 0.2) is 29.4 Å². The van der Waals surface area contributed by atoms with Crippen molar-refractivity contribution in [3.8, 4) is 0 Å². The van der Waals surface area contributed by atoms with Crippen molar-refractivity contribution in [2.75, 3.05) is 12.3 Å². The van der Waals surface area contributed by atoms with Gasteiger partial charge in [0.25, 0.3) is 0 Å². The van der Waals surface area contributed by atoms with Crippen LogP contribution in [0.4, 0.5) is 0 Å². The molecule has 2 rings (SSSR count). The van der Waals surface area contributed by atoms with Crippen molar-refractivity contribution in [3.05, 3.63) is 24.5 Å². The Labute approximate surface area is 105 Å². The first kappa shape index (κ1) is 12.4. The number of carbonyl (C=O) groups is 1. The summed E-state index contributed by atoms with van der Waals surface area (Å²) in [5.41, 5.74) is 5.64. The fourth-order valence-electron chi connectivity index (χ4n) is 1.70. The lowest BCUT2D eigenvalue weighted by molar-refractivity contribution is -0.119. The smallest absolute Gasteiger partial charge is 0.230 e. The number of nitrogens with one attached hydrogen (secondary N) is 1. The molecule has 0 bridgehead atoms. The van der Waals surface area contributed by atoms with Gasteiger partial charge < -0.3 is 11.1 Å². The molecule has 1 saturated carbocycles. The van der Waals surface area contributed by atoms with E-state index in [-0.39, 0.29) is 11.9 Å². The Morgan fingerprint density at radius 2 is 2.24 bits per heavy atom. The van der Waals surface area contributed by atoms with Crippen LogP contribution in [0.1, 0.15) is 12.8 Å². The fraction of sp³-hybridized carbons (Fsp3) is 0.500. The highest BCUT2D eigenvalue weighted by molar-refractivity contribution is 8.00. The van der Waals surface area contributed by atoms with E-state index >= 15 is 0 Å². The van der Waals surface area contributed by atoms with Gasteiger partial charge in [0.2, 0.25) is 5.91 Å². The fourth-order valence-corrected chi connectivity index (χ4v) is 2.39. The van der Waals surface area contributed by atoms with Crippen LogP contribution in [0.25, 0.3) is 0 Å². The van der Waals surface area contributed by atoms with Gasteiger partial charge in [-0.25, -0.2) is 0 Å². The molecule has 0 saturated heterocycles. The molecular weight excluding hydrogens is 234 g/mol. The Morgan fingerprint density at radius 1 is 1.53 bits per heavy atom. The first-order valence-electron chi connectivity index (χ1n) is 5.82. The molecule has 1 fully saturated rings. The van der Waals surface area contributed by atoms with Crippen LogP contribution in [0.2, 0.25) is 0 Å². The van der Waals surface area contributed by atoms with Gasteiger partial charge >= 0.3 is 0 Å². The van der Waals surface area contributed by atoms with Gasteiger partial charge in [0.05, 0.1) is 5.75 Å². The maximum absolute atomic E-state index is 11.7. The number of amides is 1. The zero-order valence-corrected chi connectivity index (χ0v) is 10.5. The molecule has 1 unspecified atom stereocenters. The summed E-state index contributed by atoms with van der Waals surface area (Å²) < 4.78 is 0. The summed E-state index contributed by atoms with van der Waals surface area (Å²) in [5, 5.41) is 3.00. The topological polar surface area (TPSA) is 68.0 Å². The van der Waals surface area contributed by atoms with E-state index in [2.05, 4.69) is 10.3 Å². The van der Waals surface area contributed by atoms with Gasteiger partial charge in [-0.2, -0.15) is 0 Å². The van der Waals surface area contributed by atoms with Crippen LogP contribution < -0.4 is 11.1 Å². The van der Waals surface area contributed by atoms with Crippen molar-refractivity contribution in [1.29, 1.82) is 0 Å². The van der Waals surface area contributed by atoms with Crippen LogP contribution in [-0.4, -0.2) is 29.2 Å². The maximum atomic E-state index is 11.7. The number of thioether (sulfide) groups is 1. The number of hydrogen-bond acceptors (Lipinski definition) is 4. The van der Waals surface area contributed by atoms with Crippen LogP contribution in [-0.2, 0) is 4.79 Å². The van der Waals surface area contributed by atoms with E-state index in [0.29, 0.717) is 18.2 Å². The second kappa shape index (κ2) is 6.02. The Bertz CT molecular complexity index is 367. The highest BCUT2D eigenvalue weighted by Gasteiger charge is 2.31. The maximum Gasteiger partial charge on any atom is 0.230 e. The van der Waals surface area contributed by atoms with E-state index in [1.165, 1.54) is 24.6 Å². The molecule has 3 N–H and O–H groups in total. The first-order chi connectivity index (χ1) is 8.29. The number of aromatic nitrogens is 1. The van der Waals surface area contributed by atoms with E-state index in [4.69, 9.17) is 5.73 Å². The minimum Gasteiger partial charge on any atom is -0.351 e. The highest BCUT2D eigenvalue weighted by atomic mass is 32.2. The zero-order chi connectivity index (χ0) is 12.1. The van der Waals surface area contributed by atoms with Gasteiger partial charge in [-0.3, -0.25) is 9.78 Å². The molecule has 1 aliphatic carbocycles. The van der Waals surface area contributed by atoms with Crippen LogP contribution in [0.5, 0.6) is 0 Å². The van der Waals surface area contributed by atoms with Crippen molar-refractivity contribution in [2.45, 2.75) is 23.8 Å². The van der Waals surface area contributed by atoms with E-state index < -0.39 is 0 Å². The summed E-state index contributed by atoms with van der Waals surface area (Å²) in [6, 6.07) is 3.97. The normalized spacial score (nSPS) is 16.5. The van der Waals surface area contributed by atoms with Gasteiger partial charge in [-0.05, 0) is 30.9 Å². The molecule has 92 valence electrons. The second-order valence-corrected chi connectivity index (χ2v) is 5.27. The Kier molecular flexibility index (Phi) is 4.39. The van der Waals surface area contributed by atoms with Gasteiger partial charge in [0, 0.05) is 29.9 Å². The Balaban J connectivity index is 1.73. The molecule has 1 aliphatic rings. The highest BCUT2D eigenvalue weighted by Crippen LogP contribution is 2.32. The number of nitrogens with zero attached hydrogens (tertiary/aromatic N) is 1. The van der Waals surface area contributed by atoms with Crippen LogP contribution in [0, 0.1) is 5.92 Å². The van der Waals surface area contributed by atoms with Crippen molar-refractivity contribution in [2.24, 2.45) is 11.7 Å². The number of nitrogens with two attached hydrogens (primary N) is 1. The molecule has 1 heterocycles. The molecule has 0 aliphatic heterocycles. The van der Waals surface area contributed by atoms with E-state index in [1.807, 2.05) is 12.1 Å². The van der Waals surface area contributed by atoms with Crippen LogP contribution >= 0.6 is 11.8 Å². The number of hydrogen-bond donors (Lipinski definition) is 2.